The van der Waals surface area contributed by atoms with Gasteiger partial charge < -0.3 is 14.9 Å². The largest absolute Gasteiger partial charge is 0.354 e. The molecule has 134 valence electrons. The van der Waals surface area contributed by atoms with Crippen molar-refractivity contribution in [3.8, 4) is 0 Å². The summed E-state index contributed by atoms with van der Waals surface area (Å²) in [5.74, 6) is -1.61. The molecule has 2 N–H and O–H groups in total. The van der Waals surface area contributed by atoms with E-state index in [0.717, 1.165) is 5.69 Å². The molecule has 4 nitrogen and oxygen atoms in total. The molecular weight excluding hydrogens is 412 g/mol. The first kappa shape index (κ1) is 18.3. The molecule has 0 saturated heterocycles. The molecule has 25 heavy (non-hydrogen) atoms. The van der Waals surface area contributed by atoms with Gasteiger partial charge in [-0.2, -0.15) is 0 Å². The van der Waals surface area contributed by atoms with Crippen LogP contribution in [0.25, 0.3) is 0 Å². The Kier molecular flexibility index (Phi) is 5.11. The van der Waals surface area contributed by atoms with Crippen molar-refractivity contribution in [2.24, 2.45) is 0 Å². The molecule has 0 bridgehead atoms. The minimum atomic E-state index is -0.579. The average Bonchev–Trinajstić information content (AvgIpc) is 3.05. The fourth-order valence-corrected chi connectivity index (χ4v) is 3.94. The van der Waals surface area contributed by atoms with Crippen molar-refractivity contribution in [2.45, 2.75) is 45.2 Å². The maximum atomic E-state index is 14.4. The van der Waals surface area contributed by atoms with Crippen molar-refractivity contribution < 1.29 is 13.6 Å². The van der Waals surface area contributed by atoms with Crippen LogP contribution in [0.15, 0.2) is 16.6 Å². The highest BCUT2D eigenvalue weighted by molar-refractivity contribution is 9.10. The number of fused-ring (bicyclic) bond motifs is 1. The van der Waals surface area contributed by atoms with Gasteiger partial charge in [0.15, 0.2) is 4.77 Å². The van der Waals surface area contributed by atoms with Crippen molar-refractivity contribution >= 4 is 34.1 Å². The Bertz CT molecular complexity index is 891. The highest BCUT2D eigenvalue weighted by Crippen LogP contribution is 2.36. The summed E-state index contributed by atoms with van der Waals surface area (Å²) in [6, 6.07) is 2.66. The van der Waals surface area contributed by atoms with Gasteiger partial charge in [-0.05, 0) is 60.5 Å². The minimum Gasteiger partial charge on any atom is -0.354 e. The van der Waals surface area contributed by atoms with E-state index in [0.29, 0.717) is 23.4 Å². The third-order valence-electron chi connectivity index (χ3n) is 4.29. The van der Waals surface area contributed by atoms with Crippen LogP contribution in [-0.4, -0.2) is 21.5 Å². The maximum absolute atomic E-state index is 14.4. The minimum absolute atomic E-state index is 0.0451. The average molecular weight is 430 g/mol. The van der Waals surface area contributed by atoms with Gasteiger partial charge in [-0.15, -0.1) is 0 Å². The fraction of sp³-hybridized carbons (Fsp3) is 0.412. The van der Waals surface area contributed by atoms with Gasteiger partial charge >= 0.3 is 0 Å². The summed E-state index contributed by atoms with van der Waals surface area (Å²) in [6.07, 6.45) is 0.599. The molecule has 1 atom stereocenters. The van der Waals surface area contributed by atoms with E-state index in [4.69, 9.17) is 12.2 Å². The summed E-state index contributed by atoms with van der Waals surface area (Å²) in [5, 5.41) is 2.83. The molecule has 1 aromatic heterocycles. The van der Waals surface area contributed by atoms with Gasteiger partial charge in [-0.25, -0.2) is 8.78 Å². The molecule has 1 amide bonds. The van der Waals surface area contributed by atoms with Gasteiger partial charge in [0.25, 0.3) is 0 Å². The van der Waals surface area contributed by atoms with Crippen LogP contribution in [0.2, 0.25) is 0 Å². The number of benzene rings is 1. The van der Waals surface area contributed by atoms with Gasteiger partial charge in [0.05, 0.1) is 10.9 Å². The van der Waals surface area contributed by atoms with Crippen LogP contribution < -0.4 is 5.32 Å². The number of aromatic amines is 1. The predicted molar refractivity (Wildman–Crippen MR) is 97.1 cm³/mol. The van der Waals surface area contributed by atoms with Crippen molar-refractivity contribution in [1.82, 2.24) is 14.9 Å². The van der Waals surface area contributed by atoms with Crippen LogP contribution >= 0.6 is 28.1 Å². The lowest BCUT2D eigenvalue weighted by molar-refractivity contribution is -0.120. The van der Waals surface area contributed by atoms with E-state index in [1.54, 1.807) is 0 Å². The number of nitrogens with zero attached hydrogens (tertiary/aromatic N) is 1. The molecular formula is C17H18BrF2N3OS. The van der Waals surface area contributed by atoms with Crippen LogP contribution in [0, 0.1) is 16.4 Å². The fourth-order valence-electron chi connectivity index (χ4n) is 3.29. The molecule has 2 heterocycles. The van der Waals surface area contributed by atoms with Gasteiger partial charge in [-0.3, -0.25) is 4.79 Å². The molecule has 1 aliphatic rings. The summed E-state index contributed by atoms with van der Waals surface area (Å²) in [5.41, 5.74) is 1.61. The number of rotatable bonds is 4. The zero-order valence-electron chi connectivity index (χ0n) is 13.8. The normalized spacial score (nSPS) is 16.3. The first-order chi connectivity index (χ1) is 11.8. The number of hydrogen-bond acceptors (Lipinski definition) is 2. The van der Waals surface area contributed by atoms with E-state index in [9.17, 15) is 13.6 Å². The molecule has 1 unspecified atom stereocenters. The number of nitrogens with one attached hydrogen (secondary N) is 2. The van der Waals surface area contributed by atoms with Crippen molar-refractivity contribution in [3.05, 3.63) is 50.0 Å². The highest BCUT2D eigenvalue weighted by atomic mass is 79.9. The Labute approximate surface area is 157 Å². The molecule has 0 saturated carbocycles. The van der Waals surface area contributed by atoms with Crippen LogP contribution in [-0.2, 0) is 24.2 Å². The number of H-pyrrole nitrogens is 1. The zero-order chi connectivity index (χ0) is 18.3. The SMILES string of the molecule is CC(C)NC(=O)Cc1[nH]c(=S)n2c1CC(c1c(F)ccc(Br)c1F)C2. The summed E-state index contributed by atoms with van der Waals surface area (Å²) in [4.78, 5) is 15.1. The molecule has 1 aromatic carbocycles. The lowest BCUT2D eigenvalue weighted by Gasteiger charge is -2.13. The second-order valence-electron chi connectivity index (χ2n) is 6.52. The molecule has 0 radical (unpaired) electrons. The molecule has 0 fully saturated rings. The number of carbonyl (C=O) groups excluding carboxylic acids is 1. The smallest absolute Gasteiger partial charge is 0.226 e. The molecule has 8 heteroatoms. The topological polar surface area (TPSA) is 49.8 Å². The van der Waals surface area contributed by atoms with Crippen LogP contribution in [0.3, 0.4) is 0 Å². The number of amides is 1. The zero-order valence-corrected chi connectivity index (χ0v) is 16.2. The Morgan fingerprint density at radius 2 is 2.20 bits per heavy atom. The van der Waals surface area contributed by atoms with Crippen LogP contribution in [0.1, 0.15) is 36.7 Å². The van der Waals surface area contributed by atoms with Gasteiger partial charge in [0, 0.05) is 35.5 Å². The first-order valence-corrected chi connectivity index (χ1v) is 9.21. The van der Waals surface area contributed by atoms with E-state index in [-0.39, 0.29) is 34.3 Å². The predicted octanol–water partition coefficient (Wildman–Crippen LogP) is 3.99. The monoisotopic (exact) mass is 429 g/mol. The summed E-state index contributed by atoms with van der Waals surface area (Å²) < 4.78 is 31.1. The number of halogens is 3. The van der Waals surface area contributed by atoms with E-state index >= 15 is 0 Å². The van der Waals surface area contributed by atoms with Crippen molar-refractivity contribution in [3.63, 3.8) is 0 Å². The lowest BCUT2D eigenvalue weighted by Crippen LogP contribution is -2.31. The molecule has 1 aliphatic heterocycles. The van der Waals surface area contributed by atoms with Gasteiger partial charge in [0.1, 0.15) is 11.6 Å². The first-order valence-electron chi connectivity index (χ1n) is 8.01. The highest BCUT2D eigenvalue weighted by Gasteiger charge is 2.31. The standard InChI is InChI=1S/C17H18BrF2N3OS/c1-8(2)21-14(24)6-12-13-5-9(7-23(13)17(25)22-12)15-11(19)4-3-10(18)16(15)20/h3-4,8-9H,5-7H2,1-2H3,(H,21,24)(H,22,25). The number of imidazole rings is 1. The third-order valence-corrected chi connectivity index (χ3v) is 5.23. The van der Waals surface area contributed by atoms with Gasteiger partial charge in [-0.1, -0.05) is 0 Å². The number of hydrogen-bond donors (Lipinski definition) is 2. The Balaban J connectivity index is 1.89. The maximum Gasteiger partial charge on any atom is 0.226 e. The summed E-state index contributed by atoms with van der Waals surface area (Å²) >= 11 is 8.42. The van der Waals surface area contributed by atoms with Crippen molar-refractivity contribution in [2.75, 3.05) is 0 Å². The lowest BCUT2D eigenvalue weighted by atomic mass is 9.95. The number of aromatic nitrogens is 2. The number of carbonyl (C=O) groups is 1. The van der Waals surface area contributed by atoms with Crippen LogP contribution in [0.5, 0.6) is 0 Å². The van der Waals surface area contributed by atoms with Crippen LogP contribution in [0.4, 0.5) is 8.78 Å². The second-order valence-corrected chi connectivity index (χ2v) is 7.76. The molecule has 3 rings (SSSR count). The molecule has 0 aliphatic carbocycles. The second kappa shape index (κ2) is 6.99. The Morgan fingerprint density at radius 1 is 1.48 bits per heavy atom. The Morgan fingerprint density at radius 3 is 2.88 bits per heavy atom. The van der Waals surface area contributed by atoms with Crippen molar-refractivity contribution in [1.29, 1.82) is 0 Å². The van der Waals surface area contributed by atoms with E-state index < -0.39 is 11.6 Å². The van der Waals surface area contributed by atoms with E-state index in [1.165, 1.54) is 12.1 Å². The summed E-state index contributed by atoms with van der Waals surface area (Å²) in [6.45, 7) is 4.17. The third kappa shape index (κ3) is 3.55. The Hall–Kier alpha value is -1.54. The van der Waals surface area contributed by atoms with E-state index in [1.807, 2.05) is 18.4 Å². The summed E-state index contributed by atoms with van der Waals surface area (Å²) in [7, 11) is 0. The molecule has 0 spiro atoms. The van der Waals surface area contributed by atoms with Gasteiger partial charge in [0.2, 0.25) is 5.91 Å². The molecule has 2 aromatic rings. The van der Waals surface area contributed by atoms with E-state index in [2.05, 4.69) is 26.2 Å². The quantitative estimate of drug-likeness (QED) is 0.569.